The molecule has 0 N–H and O–H groups in total. The molecule has 1 saturated heterocycles. The average Bonchev–Trinajstić information content (AvgIpc) is 3.11. The van der Waals surface area contributed by atoms with E-state index in [1.165, 1.54) is 5.56 Å². The smallest absolute Gasteiger partial charge is 0.231 e. The summed E-state index contributed by atoms with van der Waals surface area (Å²) < 4.78 is 22.6. The number of carbonyl (C=O) groups is 1. The summed E-state index contributed by atoms with van der Waals surface area (Å²) in [6.07, 6.45) is 4.38. The molecule has 3 atom stereocenters. The van der Waals surface area contributed by atoms with E-state index in [1.54, 1.807) is 14.2 Å². The molecule has 138 valence electrons. The molecule has 5 rings (SSSR count). The molecule has 1 unspecified atom stereocenters. The molecule has 0 radical (unpaired) electrons. The molecule has 2 bridgehead atoms. The molecule has 4 aliphatic rings. The Morgan fingerprint density at radius 1 is 1.23 bits per heavy atom. The molecule has 1 fully saturated rings. The second-order valence-electron chi connectivity index (χ2n) is 7.67. The molecule has 0 aromatic heterocycles. The van der Waals surface area contributed by atoms with Crippen LogP contribution in [0.15, 0.2) is 17.9 Å². The van der Waals surface area contributed by atoms with Gasteiger partial charge in [-0.25, -0.2) is 0 Å². The van der Waals surface area contributed by atoms with E-state index in [-0.39, 0.29) is 23.9 Å². The van der Waals surface area contributed by atoms with Crippen molar-refractivity contribution in [3.8, 4) is 17.2 Å². The van der Waals surface area contributed by atoms with Crippen molar-refractivity contribution in [3.05, 3.63) is 29.0 Å². The minimum Gasteiger partial charge on any atom is -0.493 e. The van der Waals surface area contributed by atoms with Crippen LogP contribution in [-0.4, -0.2) is 51.3 Å². The molecule has 0 saturated carbocycles. The van der Waals surface area contributed by atoms with Crippen LogP contribution < -0.4 is 14.2 Å². The number of ketones is 1. The maximum atomic E-state index is 12.6. The van der Waals surface area contributed by atoms with Gasteiger partial charge < -0.3 is 23.8 Å². The molecule has 26 heavy (non-hydrogen) atoms. The first-order chi connectivity index (χ1) is 12.6. The summed E-state index contributed by atoms with van der Waals surface area (Å²) in [5.74, 6) is 2.97. The van der Waals surface area contributed by atoms with Crippen molar-refractivity contribution in [2.45, 2.75) is 30.7 Å². The molecule has 6 heteroatoms. The highest BCUT2D eigenvalue weighted by Crippen LogP contribution is 2.59. The number of methoxy groups -OCH3 is 2. The van der Waals surface area contributed by atoms with Gasteiger partial charge in [-0.15, -0.1) is 0 Å². The number of hydrogen-bond acceptors (Lipinski definition) is 6. The summed E-state index contributed by atoms with van der Waals surface area (Å²) >= 11 is 0. The SMILES string of the molecule is COC1=C[C@]23CCN(C)[C@H](Cc4cc5c(c(OC)c42)OCO5)C3CC1=O. The summed E-state index contributed by atoms with van der Waals surface area (Å²) in [5, 5.41) is 0. The van der Waals surface area contributed by atoms with Crippen molar-refractivity contribution in [2.75, 3.05) is 34.6 Å². The normalized spacial score (nSPS) is 31.8. The van der Waals surface area contributed by atoms with Gasteiger partial charge in [0.1, 0.15) is 0 Å². The molecular weight excluding hydrogens is 334 g/mol. The second-order valence-corrected chi connectivity index (χ2v) is 7.67. The molecular formula is C20H23NO5. The third-order valence-electron chi connectivity index (χ3n) is 6.66. The maximum absolute atomic E-state index is 12.6. The van der Waals surface area contributed by atoms with Crippen LogP contribution >= 0.6 is 0 Å². The fourth-order valence-electron chi connectivity index (χ4n) is 5.48. The van der Waals surface area contributed by atoms with Gasteiger partial charge >= 0.3 is 0 Å². The van der Waals surface area contributed by atoms with E-state index in [4.69, 9.17) is 18.9 Å². The number of carbonyl (C=O) groups excluding carboxylic acids is 1. The lowest BCUT2D eigenvalue weighted by molar-refractivity contribution is -0.122. The molecule has 2 aliphatic carbocycles. The number of ether oxygens (including phenoxy) is 4. The van der Waals surface area contributed by atoms with Gasteiger partial charge in [0.05, 0.1) is 14.2 Å². The second kappa shape index (κ2) is 5.39. The lowest BCUT2D eigenvalue weighted by Crippen LogP contribution is -2.60. The highest BCUT2D eigenvalue weighted by Gasteiger charge is 2.56. The van der Waals surface area contributed by atoms with Crippen LogP contribution in [0.1, 0.15) is 24.0 Å². The number of nitrogens with zero attached hydrogens (tertiary/aromatic N) is 1. The van der Waals surface area contributed by atoms with E-state index in [9.17, 15) is 4.79 Å². The Hall–Kier alpha value is -2.21. The van der Waals surface area contributed by atoms with Crippen LogP contribution in [0, 0.1) is 5.92 Å². The monoisotopic (exact) mass is 357 g/mol. The van der Waals surface area contributed by atoms with Gasteiger partial charge in [-0.3, -0.25) is 4.79 Å². The lowest BCUT2D eigenvalue weighted by Gasteiger charge is -2.56. The van der Waals surface area contributed by atoms with Gasteiger partial charge in [-0.05, 0) is 50.1 Å². The first-order valence-electron chi connectivity index (χ1n) is 9.09. The molecule has 2 heterocycles. The summed E-state index contributed by atoms with van der Waals surface area (Å²) in [6, 6.07) is 2.42. The van der Waals surface area contributed by atoms with Crippen LogP contribution in [0.5, 0.6) is 17.2 Å². The zero-order chi connectivity index (χ0) is 18.1. The van der Waals surface area contributed by atoms with E-state index in [0.29, 0.717) is 24.0 Å². The van der Waals surface area contributed by atoms with Crippen molar-refractivity contribution in [1.29, 1.82) is 0 Å². The minimum absolute atomic E-state index is 0.0941. The van der Waals surface area contributed by atoms with Crippen molar-refractivity contribution in [2.24, 2.45) is 5.92 Å². The summed E-state index contributed by atoms with van der Waals surface area (Å²) in [7, 11) is 5.41. The topological polar surface area (TPSA) is 57.2 Å². The van der Waals surface area contributed by atoms with Crippen molar-refractivity contribution in [3.63, 3.8) is 0 Å². The van der Waals surface area contributed by atoms with Crippen molar-refractivity contribution < 1.29 is 23.7 Å². The molecule has 6 nitrogen and oxygen atoms in total. The van der Waals surface area contributed by atoms with Crippen LogP contribution in [-0.2, 0) is 21.4 Å². The van der Waals surface area contributed by atoms with Gasteiger partial charge in [-0.2, -0.15) is 0 Å². The van der Waals surface area contributed by atoms with Crippen LogP contribution in [0.3, 0.4) is 0 Å². The summed E-state index contributed by atoms with van der Waals surface area (Å²) in [4.78, 5) is 15.0. The largest absolute Gasteiger partial charge is 0.493 e. The number of likely N-dealkylation sites (tertiary alicyclic amines) is 1. The van der Waals surface area contributed by atoms with Crippen molar-refractivity contribution >= 4 is 5.78 Å². The zero-order valence-corrected chi connectivity index (χ0v) is 15.3. The van der Waals surface area contributed by atoms with Crippen molar-refractivity contribution in [1.82, 2.24) is 4.90 Å². The van der Waals surface area contributed by atoms with E-state index in [1.807, 2.05) is 0 Å². The first-order valence-corrected chi connectivity index (χ1v) is 9.09. The summed E-state index contributed by atoms with van der Waals surface area (Å²) in [6.45, 7) is 1.19. The Kier molecular flexibility index (Phi) is 3.32. The van der Waals surface area contributed by atoms with Gasteiger partial charge in [0.2, 0.25) is 12.5 Å². The quantitative estimate of drug-likeness (QED) is 0.807. The predicted octanol–water partition coefficient (Wildman–Crippen LogP) is 2.04. The number of piperidine rings is 1. The molecule has 0 spiro atoms. The number of rotatable bonds is 2. The van der Waals surface area contributed by atoms with Gasteiger partial charge in [-0.1, -0.05) is 0 Å². The van der Waals surface area contributed by atoms with E-state index in [0.717, 1.165) is 36.4 Å². The van der Waals surface area contributed by atoms with E-state index in [2.05, 4.69) is 24.1 Å². The number of fused-ring (bicyclic) bond motifs is 2. The van der Waals surface area contributed by atoms with E-state index < -0.39 is 0 Å². The third kappa shape index (κ3) is 1.88. The predicted molar refractivity (Wildman–Crippen MR) is 93.7 cm³/mol. The van der Waals surface area contributed by atoms with Gasteiger partial charge in [0.15, 0.2) is 23.0 Å². The standard InChI is InChI=1S/C20H23NO5/c1-21-5-4-20-9-16(23-2)14(22)8-12(20)13(21)6-11-7-15-18(26-10-25-15)19(24-3)17(11)20/h7,9,12-13H,4-6,8,10H2,1-3H3/t12?,13-,20+/m1/s1. The zero-order valence-electron chi connectivity index (χ0n) is 15.3. The maximum Gasteiger partial charge on any atom is 0.231 e. The Morgan fingerprint density at radius 2 is 2.08 bits per heavy atom. The number of likely N-dealkylation sites (N-methyl/N-ethyl adjacent to an activating group) is 1. The Bertz CT molecular complexity index is 832. The number of hydrogen-bond donors (Lipinski definition) is 0. The third-order valence-corrected chi connectivity index (χ3v) is 6.66. The van der Waals surface area contributed by atoms with Gasteiger partial charge in [0.25, 0.3) is 0 Å². The first kappa shape index (κ1) is 16.0. The van der Waals surface area contributed by atoms with Crippen LogP contribution in [0.2, 0.25) is 0 Å². The average molecular weight is 357 g/mol. The van der Waals surface area contributed by atoms with Crippen LogP contribution in [0.25, 0.3) is 0 Å². The number of benzene rings is 1. The molecule has 2 aliphatic heterocycles. The van der Waals surface area contributed by atoms with Gasteiger partial charge in [0, 0.05) is 23.4 Å². The highest BCUT2D eigenvalue weighted by molar-refractivity contribution is 5.95. The van der Waals surface area contributed by atoms with E-state index >= 15 is 0 Å². The Balaban J connectivity index is 1.81. The molecule has 1 aromatic rings. The molecule has 1 aromatic carbocycles. The fraction of sp³-hybridized carbons (Fsp3) is 0.550. The Labute approximate surface area is 152 Å². The summed E-state index contributed by atoms with van der Waals surface area (Å²) in [5.41, 5.74) is 2.11. The Morgan fingerprint density at radius 3 is 2.85 bits per heavy atom. The fourth-order valence-corrected chi connectivity index (χ4v) is 5.48. The highest BCUT2D eigenvalue weighted by atomic mass is 16.7. The minimum atomic E-state index is -0.268. The number of Topliss-reactive ketones (excluding diaryl/α,β-unsaturated/α-hetero) is 1. The number of allylic oxidation sites excluding steroid dienone is 2. The van der Waals surface area contributed by atoms with Crippen LogP contribution in [0.4, 0.5) is 0 Å². The molecule has 0 amide bonds. The lowest BCUT2D eigenvalue weighted by atomic mass is 9.54.